The lowest BCUT2D eigenvalue weighted by molar-refractivity contribution is 0.498. The van der Waals surface area contributed by atoms with Crippen LogP contribution in [0, 0.1) is 11.7 Å². The first-order chi connectivity index (χ1) is 9.52. The number of hydrogen-bond donors (Lipinski definition) is 0. The lowest BCUT2D eigenvalue weighted by Gasteiger charge is -2.12. The second-order valence-electron chi connectivity index (χ2n) is 5.05. The summed E-state index contributed by atoms with van der Waals surface area (Å²) in [6.45, 7) is 4.94. The molecule has 0 aliphatic heterocycles. The van der Waals surface area contributed by atoms with Crippen molar-refractivity contribution in [2.24, 2.45) is 5.92 Å². The molecule has 0 aliphatic rings. The van der Waals surface area contributed by atoms with Crippen LogP contribution in [0.5, 0.6) is 0 Å². The van der Waals surface area contributed by atoms with Crippen molar-refractivity contribution in [2.45, 2.75) is 32.7 Å². The zero-order chi connectivity index (χ0) is 14.7. The third-order valence-electron chi connectivity index (χ3n) is 2.97. The van der Waals surface area contributed by atoms with Gasteiger partial charge in [-0.2, -0.15) is 0 Å². The van der Waals surface area contributed by atoms with E-state index in [4.69, 9.17) is 23.2 Å². The van der Waals surface area contributed by atoms with Gasteiger partial charge in [-0.05, 0) is 18.1 Å². The fourth-order valence-corrected chi connectivity index (χ4v) is 2.46. The minimum atomic E-state index is -0.330. The van der Waals surface area contributed by atoms with Crippen LogP contribution < -0.4 is 0 Å². The third-order valence-corrected chi connectivity index (χ3v) is 3.56. The number of hydrogen-bond acceptors (Lipinski definition) is 2. The highest BCUT2D eigenvalue weighted by atomic mass is 35.5. The van der Waals surface area contributed by atoms with Gasteiger partial charge in [0.05, 0.1) is 5.88 Å². The van der Waals surface area contributed by atoms with E-state index in [1.54, 1.807) is 12.1 Å². The lowest BCUT2D eigenvalue weighted by Crippen LogP contribution is -2.12. The van der Waals surface area contributed by atoms with Crippen LogP contribution >= 0.6 is 23.2 Å². The molecule has 0 saturated heterocycles. The Morgan fingerprint density at radius 2 is 1.95 bits per heavy atom. The highest BCUT2D eigenvalue weighted by Crippen LogP contribution is 2.22. The van der Waals surface area contributed by atoms with Crippen LogP contribution in [-0.4, -0.2) is 14.8 Å². The highest BCUT2D eigenvalue weighted by molar-refractivity contribution is 6.31. The molecule has 3 nitrogen and oxygen atoms in total. The molecule has 0 radical (unpaired) electrons. The molecule has 0 amide bonds. The first-order valence-electron chi connectivity index (χ1n) is 6.42. The van der Waals surface area contributed by atoms with Crippen LogP contribution in [0.3, 0.4) is 0 Å². The van der Waals surface area contributed by atoms with Gasteiger partial charge < -0.3 is 4.57 Å². The molecule has 0 bridgehead atoms. The minimum Gasteiger partial charge on any atom is -0.313 e. The van der Waals surface area contributed by atoms with Crippen LogP contribution in [-0.2, 0) is 18.8 Å². The molecule has 0 fully saturated rings. The largest absolute Gasteiger partial charge is 0.313 e. The zero-order valence-corrected chi connectivity index (χ0v) is 12.9. The molecule has 2 rings (SSSR count). The molecule has 0 atom stereocenters. The van der Waals surface area contributed by atoms with Gasteiger partial charge in [-0.15, -0.1) is 21.8 Å². The maximum atomic E-state index is 13.9. The molecule has 0 saturated carbocycles. The number of halogens is 3. The summed E-state index contributed by atoms with van der Waals surface area (Å²) in [5.41, 5.74) is 0.438. The summed E-state index contributed by atoms with van der Waals surface area (Å²) >= 11 is 11.9. The van der Waals surface area contributed by atoms with Gasteiger partial charge in [0.25, 0.3) is 0 Å². The Balaban J connectivity index is 2.36. The van der Waals surface area contributed by atoms with Gasteiger partial charge in [0.1, 0.15) is 17.5 Å². The summed E-state index contributed by atoms with van der Waals surface area (Å²) in [7, 11) is 0. The maximum absolute atomic E-state index is 13.9. The van der Waals surface area contributed by atoms with E-state index in [0.717, 1.165) is 6.54 Å². The summed E-state index contributed by atoms with van der Waals surface area (Å²) in [4.78, 5) is 0. The third kappa shape index (κ3) is 3.30. The van der Waals surface area contributed by atoms with Crippen molar-refractivity contribution < 1.29 is 4.39 Å². The summed E-state index contributed by atoms with van der Waals surface area (Å²) in [6, 6.07) is 4.66. The number of alkyl halides is 1. The molecule has 0 aliphatic carbocycles. The Morgan fingerprint density at radius 1 is 1.25 bits per heavy atom. The first kappa shape index (κ1) is 15.3. The topological polar surface area (TPSA) is 30.7 Å². The second kappa shape index (κ2) is 6.55. The minimum absolute atomic E-state index is 0.282. The molecule has 1 aromatic heterocycles. The van der Waals surface area contributed by atoms with Gasteiger partial charge in [0.15, 0.2) is 0 Å². The van der Waals surface area contributed by atoms with Crippen molar-refractivity contribution in [2.75, 3.05) is 0 Å². The van der Waals surface area contributed by atoms with Crippen molar-refractivity contribution in [1.82, 2.24) is 14.8 Å². The van der Waals surface area contributed by atoms with Crippen molar-refractivity contribution in [1.29, 1.82) is 0 Å². The SMILES string of the molecule is CC(C)Cn1c(CCl)nnc1Cc1c(F)cccc1Cl. The van der Waals surface area contributed by atoms with E-state index < -0.39 is 0 Å². The van der Waals surface area contributed by atoms with E-state index >= 15 is 0 Å². The molecule has 108 valence electrons. The van der Waals surface area contributed by atoms with E-state index in [1.807, 2.05) is 4.57 Å². The van der Waals surface area contributed by atoms with Crippen LogP contribution in [0.4, 0.5) is 4.39 Å². The standard InChI is InChI=1S/C14H16Cl2FN3/c1-9(2)8-20-13(18-19-14(20)7-15)6-10-11(16)4-3-5-12(10)17/h3-5,9H,6-8H2,1-2H3. The van der Waals surface area contributed by atoms with Gasteiger partial charge in [-0.25, -0.2) is 4.39 Å². The second-order valence-corrected chi connectivity index (χ2v) is 5.72. The monoisotopic (exact) mass is 315 g/mol. The summed E-state index contributed by atoms with van der Waals surface area (Å²) in [5.74, 6) is 1.75. The lowest BCUT2D eigenvalue weighted by atomic mass is 10.1. The molecule has 1 heterocycles. The van der Waals surface area contributed by atoms with Crippen LogP contribution in [0.1, 0.15) is 31.1 Å². The molecule has 0 spiro atoms. The Kier molecular flexibility index (Phi) is 5.00. The number of aromatic nitrogens is 3. The van der Waals surface area contributed by atoms with Gasteiger partial charge in [-0.3, -0.25) is 0 Å². The molecule has 6 heteroatoms. The summed E-state index contributed by atoms with van der Waals surface area (Å²) in [5, 5.41) is 8.58. The average molecular weight is 316 g/mol. The van der Waals surface area contributed by atoms with E-state index in [1.165, 1.54) is 6.07 Å². The zero-order valence-electron chi connectivity index (χ0n) is 11.4. The van der Waals surface area contributed by atoms with Crippen molar-refractivity contribution >= 4 is 23.2 Å². The molecule has 20 heavy (non-hydrogen) atoms. The Labute approximate surface area is 127 Å². The number of rotatable bonds is 5. The predicted molar refractivity (Wildman–Crippen MR) is 78.6 cm³/mol. The molecular weight excluding hydrogens is 300 g/mol. The first-order valence-corrected chi connectivity index (χ1v) is 7.34. The van der Waals surface area contributed by atoms with Gasteiger partial charge in [0, 0.05) is 23.6 Å². The summed E-state index contributed by atoms with van der Waals surface area (Å²) in [6.07, 6.45) is 0.308. The Bertz CT molecular complexity index is 576. The molecule has 1 aromatic carbocycles. The maximum Gasteiger partial charge on any atom is 0.147 e. The van der Waals surface area contributed by atoms with Crippen LogP contribution in [0.15, 0.2) is 18.2 Å². The van der Waals surface area contributed by atoms with Gasteiger partial charge in [0.2, 0.25) is 0 Å². The fraction of sp³-hybridized carbons (Fsp3) is 0.429. The predicted octanol–water partition coefficient (Wildman–Crippen LogP) is 4.06. The van der Waals surface area contributed by atoms with Crippen molar-refractivity contribution in [3.05, 3.63) is 46.3 Å². The number of nitrogens with zero attached hydrogens (tertiary/aromatic N) is 3. The highest BCUT2D eigenvalue weighted by Gasteiger charge is 2.16. The molecular formula is C14H16Cl2FN3. The van der Waals surface area contributed by atoms with E-state index in [0.29, 0.717) is 34.6 Å². The van der Waals surface area contributed by atoms with Gasteiger partial charge in [-0.1, -0.05) is 31.5 Å². The van der Waals surface area contributed by atoms with E-state index in [2.05, 4.69) is 24.0 Å². The Morgan fingerprint density at radius 3 is 2.55 bits per heavy atom. The quantitative estimate of drug-likeness (QED) is 0.779. The normalized spacial score (nSPS) is 11.3. The Hall–Kier alpha value is -1.13. The average Bonchev–Trinajstić information content (AvgIpc) is 2.75. The fourth-order valence-electron chi connectivity index (χ4n) is 2.04. The molecule has 0 N–H and O–H groups in total. The molecule has 0 unspecified atom stereocenters. The van der Waals surface area contributed by atoms with E-state index in [-0.39, 0.29) is 11.7 Å². The molecule has 2 aromatic rings. The van der Waals surface area contributed by atoms with E-state index in [9.17, 15) is 4.39 Å². The van der Waals surface area contributed by atoms with Crippen molar-refractivity contribution in [3.8, 4) is 0 Å². The van der Waals surface area contributed by atoms with Crippen molar-refractivity contribution in [3.63, 3.8) is 0 Å². The van der Waals surface area contributed by atoms with Gasteiger partial charge >= 0.3 is 0 Å². The smallest absolute Gasteiger partial charge is 0.147 e. The summed E-state index contributed by atoms with van der Waals surface area (Å²) < 4.78 is 15.8. The van der Waals surface area contributed by atoms with Crippen LogP contribution in [0.25, 0.3) is 0 Å². The van der Waals surface area contributed by atoms with Crippen LogP contribution in [0.2, 0.25) is 5.02 Å². The number of benzene rings is 1.